The lowest BCUT2D eigenvalue weighted by Crippen LogP contribution is -2.09. The summed E-state index contributed by atoms with van der Waals surface area (Å²) in [5, 5.41) is 12.1. The van der Waals surface area contributed by atoms with Crippen LogP contribution in [0.1, 0.15) is 10.5 Å². The molecule has 1 heterocycles. The minimum atomic E-state index is -2.60. The molecule has 1 N–H and O–H groups in total. The second-order valence-corrected chi connectivity index (χ2v) is 2.50. The molecule has 0 unspecified atom stereocenters. The van der Waals surface area contributed by atoms with E-state index < -0.39 is 19.0 Å². The zero-order chi connectivity index (χ0) is 10.7. The molecule has 0 spiro atoms. The summed E-state index contributed by atoms with van der Waals surface area (Å²) in [5.41, 5.74) is -0.239. The van der Waals surface area contributed by atoms with Crippen LogP contribution in [0.3, 0.4) is 0 Å². The number of carboxylic acids is 1. The van der Waals surface area contributed by atoms with Gasteiger partial charge in [0.15, 0.2) is 12.3 Å². The average Bonchev–Trinajstić information content (AvgIpc) is 2.43. The van der Waals surface area contributed by atoms with Gasteiger partial charge in [0.2, 0.25) is 5.88 Å². The second-order valence-electron chi connectivity index (χ2n) is 2.50. The van der Waals surface area contributed by atoms with Gasteiger partial charge in [-0.3, -0.25) is 0 Å². The summed E-state index contributed by atoms with van der Waals surface area (Å²) in [6.07, 6.45) is -2.60. The zero-order valence-corrected chi connectivity index (χ0v) is 7.28. The largest absolute Gasteiger partial charge is 0.476 e. The monoisotopic (exact) mass is 206 g/mol. The molecular formula is C7H8F2N2O3. The Hall–Kier alpha value is -1.66. The molecule has 14 heavy (non-hydrogen) atoms. The minimum absolute atomic E-state index is 0.00250. The Morgan fingerprint density at radius 1 is 1.79 bits per heavy atom. The van der Waals surface area contributed by atoms with Crippen molar-refractivity contribution in [2.45, 2.75) is 6.43 Å². The molecule has 1 aromatic heterocycles. The number of hydrogen-bond acceptors (Lipinski definition) is 3. The molecule has 1 rings (SSSR count). The highest BCUT2D eigenvalue weighted by molar-refractivity contribution is 5.85. The highest BCUT2D eigenvalue weighted by Gasteiger charge is 2.13. The maximum atomic E-state index is 11.7. The van der Waals surface area contributed by atoms with E-state index in [1.807, 2.05) is 0 Å². The summed E-state index contributed by atoms with van der Waals surface area (Å²) >= 11 is 0. The van der Waals surface area contributed by atoms with Gasteiger partial charge in [0.25, 0.3) is 6.43 Å². The zero-order valence-electron chi connectivity index (χ0n) is 7.28. The van der Waals surface area contributed by atoms with E-state index in [0.717, 1.165) is 10.7 Å². The minimum Gasteiger partial charge on any atom is -0.476 e. The highest BCUT2D eigenvalue weighted by Crippen LogP contribution is 2.12. The standard InChI is InChI=1S/C7H8F2N2O3/c1-11-6(14-3-5(8)9)2-4(10-11)7(12)13/h2,5H,3H2,1H3,(H,12,13). The van der Waals surface area contributed by atoms with E-state index in [9.17, 15) is 13.6 Å². The molecule has 0 aliphatic carbocycles. The Labute approximate surface area is 77.9 Å². The third-order valence-electron chi connectivity index (χ3n) is 1.41. The maximum absolute atomic E-state index is 11.7. The van der Waals surface area contributed by atoms with Crippen molar-refractivity contribution in [3.63, 3.8) is 0 Å². The van der Waals surface area contributed by atoms with Gasteiger partial charge in [-0.1, -0.05) is 0 Å². The predicted octanol–water partition coefficient (Wildman–Crippen LogP) is 0.762. The number of alkyl halides is 2. The van der Waals surface area contributed by atoms with Crippen LogP contribution in [0, 0.1) is 0 Å². The van der Waals surface area contributed by atoms with Crippen LogP contribution in [0.4, 0.5) is 8.78 Å². The number of nitrogens with zero attached hydrogens (tertiary/aromatic N) is 2. The van der Waals surface area contributed by atoms with Crippen LogP contribution >= 0.6 is 0 Å². The first-order chi connectivity index (χ1) is 6.50. The van der Waals surface area contributed by atoms with Gasteiger partial charge in [0, 0.05) is 13.1 Å². The number of rotatable bonds is 4. The van der Waals surface area contributed by atoms with E-state index in [1.165, 1.54) is 7.05 Å². The summed E-state index contributed by atoms with van der Waals surface area (Å²) in [7, 11) is 1.41. The molecule has 0 aromatic carbocycles. The van der Waals surface area contributed by atoms with E-state index in [2.05, 4.69) is 9.84 Å². The lowest BCUT2D eigenvalue weighted by Gasteiger charge is -2.03. The third-order valence-corrected chi connectivity index (χ3v) is 1.41. The number of carbonyl (C=O) groups is 1. The lowest BCUT2D eigenvalue weighted by molar-refractivity contribution is 0.0689. The van der Waals surface area contributed by atoms with Crippen molar-refractivity contribution in [1.29, 1.82) is 0 Å². The van der Waals surface area contributed by atoms with E-state index in [4.69, 9.17) is 5.11 Å². The SMILES string of the molecule is Cn1nc(C(=O)O)cc1OCC(F)F. The van der Waals surface area contributed by atoms with Crippen LogP contribution in [0.5, 0.6) is 5.88 Å². The first kappa shape index (κ1) is 10.4. The molecule has 0 saturated carbocycles. The summed E-state index contributed by atoms with van der Waals surface area (Å²) in [6.45, 7) is -0.779. The van der Waals surface area contributed by atoms with Crippen molar-refractivity contribution < 1.29 is 23.4 Å². The van der Waals surface area contributed by atoms with Crippen LogP contribution in [-0.2, 0) is 7.05 Å². The summed E-state index contributed by atoms with van der Waals surface area (Å²) in [6, 6.07) is 1.09. The topological polar surface area (TPSA) is 64.4 Å². The van der Waals surface area contributed by atoms with Gasteiger partial charge < -0.3 is 9.84 Å². The number of halogens is 2. The van der Waals surface area contributed by atoms with Crippen LogP contribution < -0.4 is 4.74 Å². The molecule has 0 amide bonds. The molecule has 0 aliphatic heterocycles. The number of aryl methyl sites for hydroxylation is 1. The molecule has 0 bridgehead atoms. The van der Waals surface area contributed by atoms with Crippen LogP contribution in [0.15, 0.2) is 6.07 Å². The number of ether oxygens (including phenoxy) is 1. The average molecular weight is 206 g/mol. The number of aromatic carboxylic acids is 1. The van der Waals surface area contributed by atoms with Crippen molar-refractivity contribution in [1.82, 2.24) is 9.78 Å². The van der Waals surface area contributed by atoms with Gasteiger partial charge in [-0.2, -0.15) is 5.10 Å². The molecule has 5 nitrogen and oxygen atoms in total. The Morgan fingerprint density at radius 2 is 2.43 bits per heavy atom. The quantitative estimate of drug-likeness (QED) is 0.789. The number of aromatic nitrogens is 2. The van der Waals surface area contributed by atoms with Gasteiger partial charge >= 0.3 is 5.97 Å². The predicted molar refractivity (Wildman–Crippen MR) is 41.7 cm³/mol. The van der Waals surface area contributed by atoms with E-state index in [0.29, 0.717) is 0 Å². The number of carboxylic acid groups (broad SMARTS) is 1. The highest BCUT2D eigenvalue weighted by atomic mass is 19.3. The van der Waals surface area contributed by atoms with Crippen LogP contribution in [0.25, 0.3) is 0 Å². The Morgan fingerprint density at radius 3 is 2.86 bits per heavy atom. The first-order valence-electron chi connectivity index (χ1n) is 3.69. The normalized spacial score (nSPS) is 10.6. The lowest BCUT2D eigenvalue weighted by atomic mass is 10.4. The fraction of sp³-hybridized carbons (Fsp3) is 0.429. The smallest absolute Gasteiger partial charge is 0.356 e. The summed E-state index contributed by atoms with van der Waals surface area (Å²) < 4.78 is 29.2. The molecule has 0 atom stereocenters. The molecule has 0 aliphatic rings. The van der Waals surface area contributed by atoms with Gasteiger partial charge in [0.1, 0.15) is 0 Å². The van der Waals surface area contributed by atoms with Crippen molar-refractivity contribution >= 4 is 5.97 Å². The molecule has 1 aromatic rings. The van der Waals surface area contributed by atoms with Gasteiger partial charge in [-0.15, -0.1) is 0 Å². The van der Waals surface area contributed by atoms with E-state index >= 15 is 0 Å². The van der Waals surface area contributed by atoms with E-state index in [1.54, 1.807) is 0 Å². The molecule has 78 valence electrons. The fourth-order valence-corrected chi connectivity index (χ4v) is 0.838. The molecule has 0 saturated heterocycles. The summed E-state index contributed by atoms with van der Waals surface area (Å²) in [4.78, 5) is 10.4. The van der Waals surface area contributed by atoms with Crippen molar-refractivity contribution in [3.8, 4) is 5.88 Å². The summed E-state index contributed by atoms with van der Waals surface area (Å²) in [5.74, 6) is -1.23. The first-order valence-corrected chi connectivity index (χ1v) is 3.69. The second kappa shape index (κ2) is 4.03. The molecular weight excluding hydrogens is 198 g/mol. The van der Waals surface area contributed by atoms with Crippen molar-refractivity contribution in [3.05, 3.63) is 11.8 Å². The van der Waals surface area contributed by atoms with Crippen LogP contribution in [0.2, 0.25) is 0 Å². The molecule has 7 heteroatoms. The Balaban J connectivity index is 2.72. The van der Waals surface area contributed by atoms with E-state index in [-0.39, 0.29) is 11.6 Å². The van der Waals surface area contributed by atoms with Crippen molar-refractivity contribution in [2.75, 3.05) is 6.61 Å². The van der Waals surface area contributed by atoms with Crippen LogP contribution in [-0.4, -0.2) is 33.9 Å². The molecule has 0 fully saturated rings. The third kappa shape index (κ3) is 2.41. The van der Waals surface area contributed by atoms with Gasteiger partial charge in [-0.25, -0.2) is 18.3 Å². The van der Waals surface area contributed by atoms with Gasteiger partial charge in [-0.05, 0) is 0 Å². The number of hydrogen-bond donors (Lipinski definition) is 1. The van der Waals surface area contributed by atoms with Crippen molar-refractivity contribution in [2.24, 2.45) is 7.05 Å². The fourth-order valence-electron chi connectivity index (χ4n) is 0.838. The molecule has 0 radical (unpaired) electrons. The Bertz CT molecular complexity index is 338. The Kier molecular flexibility index (Phi) is 3.00. The van der Waals surface area contributed by atoms with Gasteiger partial charge in [0.05, 0.1) is 0 Å². The maximum Gasteiger partial charge on any atom is 0.356 e.